The van der Waals surface area contributed by atoms with Crippen molar-refractivity contribution in [2.24, 2.45) is 0 Å². The second kappa shape index (κ2) is 8.17. The number of benzene rings is 1. The number of amides is 1. The molecule has 1 atom stereocenters. The lowest BCUT2D eigenvalue weighted by Crippen LogP contribution is -2.41. The third-order valence-electron chi connectivity index (χ3n) is 4.26. The SMILES string of the molecule is CN(C)CCN(C[C@@H]1CCCO1)C(=O)c1cccc(-n2cnnn2)c1. The van der Waals surface area contributed by atoms with Crippen molar-refractivity contribution < 1.29 is 9.53 Å². The molecule has 2 heterocycles. The van der Waals surface area contributed by atoms with Gasteiger partial charge in [-0.2, -0.15) is 0 Å². The van der Waals surface area contributed by atoms with Gasteiger partial charge in [-0.15, -0.1) is 5.10 Å². The maximum atomic E-state index is 13.1. The van der Waals surface area contributed by atoms with Crippen molar-refractivity contribution in [2.45, 2.75) is 18.9 Å². The first-order valence-corrected chi connectivity index (χ1v) is 8.52. The van der Waals surface area contributed by atoms with Crippen molar-refractivity contribution in [3.63, 3.8) is 0 Å². The molecule has 1 aromatic carbocycles. The molecule has 2 aromatic rings. The normalized spacial score (nSPS) is 17.2. The lowest BCUT2D eigenvalue weighted by Gasteiger charge is -2.27. The lowest BCUT2D eigenvalue weighted by molar-refractivity contribution is 0.0512. The van der Waals surface area contributed by atoms with Crippen LogP contribution in [0.1, 0.15) is 23.2 Å². The molecule has 0 N–H and O–H groups in total. The van der Waals surface area contributed by atoms with Crippen LogP contribution in [0.2, 0.25) is 0 Å². The molecule has 1 aliphatic rings. The predicted molar refractivity (Wildman–Crippen MR) is 92.6 cm³/mol. The molecule has 25 heavy (non-hydrogen) atoms. The Labute approximate surface area is 147 Å². The van der Waals surface area contributed by atoms with Crippen LogP contribution in [0.5, 0.6) is 0 Å². The zero-order chi connectivity index (χ0) is 17.6. The summed E-state index contributed by atoms with van der Waals surface area (Å²) in [6.07, 6.45) is 3.72. The molecule has 0 saturated carbocycles. The quantitative estimate of drug-likeness (QED) is 0.741. The van der Waals surface area contributed by atoms with E-state index in [9.17, 15) is 4.79 Å². The number of hydrogen-bond acceptors (Lipinski definition) is 6. The van der Waals surface area contributed by atoms with E-state index in [0.717, 1.165) is 31.7 Å². The zero-order valence-corrected chi connectivity index (χ0v) is 14.7. The highest BCUT2D eigenvalue weighted by Gasteiger charge is 2.23. The summed E-state index contributed by atoms with van der Waals surface area (Å²) in [5.74, 6) is 0.00674. The fraction of sp³-hybridized carbons (Fsp3) is 0.529. The minimum atomic E-state index is 0.00674. The van der Waals surface area contributed by atoms with Crippen LogP contribution in [0, 0.1) is 0 Å². The van der Waals surface area contributed by atoms with Gasteiger partial charge in [0.1, 0.15) is 6.33 Å². The molecule has 1 amide bonds. The van der Waals surface area contributed by atoms with Crippen molar-refractivity contribution >= 4 is 5.91 Å². The summed E-state index contributed by atoms with van der Waals surface area (Å²) < 4.78 is 7.26. The Morgan fingerprint density at radius 2 is 2.24 bits per heavy atom. The number of nitrogens with zero attached hydrogens (tertiary/aromatic N) is 6. The van der Waals surface area contributed by atoms with Gasteiger partial charge in [0.15, 0.2) is 0 Å². The fourth-order valence-electron chi connectivity index (χ4n) is 2.87. The van der Waals surface area contributed by atoms with Gasteiger partial charge in [-0.3, -0.25) is 4.79 Å². The molecule has 0 radical (unpaired) electrons. The highest BCUT2D eigenvalue weighted by Crippen LogP contribution is 2.16. The van der Waals surface area contributed by atoms with Crippen LogP contribution in [0.25, 0.3) is 5.69 Å². The topological polar surface area (TPSA) is 76.4 Å². The smallest absolute Gasteiger partial charge is 0.254 e. The van der Waals surface area contributed by atoms with E-state index in [1.165, 1.54) is 6.33 Å². The number of carbonyl (C=O) groups excluding carboxylic acids is 1. The monoisotopic (exact) mass is 344 g/mol. The Kier molecular flexibility index (Phi) is 5.72. The van der Waals surface area contributed by atoms with E-state index in [0.29, 0.717) is 18.7 Å². The van der Waals surface area contributed by atoms with Crippen LogP contribution in [0.4, 0.5) is 0 Å². The molecule has 8 nitrogen and oxygen atoms in total. The van der Waals surface area contributed by atoms with Gasteiger partial charge in [0.25, 0.3) is 5.91 Å². The first-order chi connectivity index (χ1) is 12.1. The number of carbonyl (C=O) groups is 1. The molecule has 0 unspecified atom stereocenters. The third kappa shape index (κ3) is 4.61. The molecule has 1 aromatic heterocycles. The number of tetrazole rings is 1. The Hall–Kier alpha value is -2.32. The van der Waals surface area contributed by atoms with E-state index in [1.807, 2.05) is 43.3 Å². The predicted octanol–water partition coefficient (Wildman–Crippen LogP) is 0.845. The lowest BCUT2D eigenvalue weighted by atomic mass is 10.1. The summed E-state index contributed by atoms with van der Waals surface area (Å²) in [6.45, 7) is 2.89. The Morgan fingerprint density at radius 3 is 2.92 bits per heavy atom. The number of rotatable bonds is 7. The summed E-state index contributed by atoms with van der Waals surface area (Å²) >= 11 is 0. The second-order valence-corrected chi connectivity index (χ2v) is 6.49. The summed E-state index contributed by atoms with van der Waals surface area (Å²) in [7, 11) is 4.01. The average Bonchev–Trinajstić information content (AvgIpc) is 3.31. The van der Waals surface area contributed by atoms with Gasteiger partial charge in [0.2, 0.25) is 0 Å². The number of ether oxygens (including phenoxy) is 1. The molecule has 3 rings (SSSR count). The third-order valence-corrected chi connectivity index (χ3v) is 4.26. The Bertz CT molecular complexity index is 682. The second-order valence-electron chi connectivity index (χ2n) is 6.49. The van der Waals surface area contributed by atoms with Gasteiger partial charge in [0.05, 0.1) is 11.8 Å². The van der Waals surface area contributed by atoms with Crippen LogP contribution in [0.15, 0.2) is 30.6 Å². The fourth-order valence-corrected chi connectivity index (χ4v) is 2.87. The average molecular weight is 344 g/mol. The van der Waals surface area contributed by atoms with E-state index in [2.05, 4.69) is 20.4 Å². The van der Waals surface area contributed by atoms with Crippen LogP contribution in [0.3, 0.4) is 0 Å². The van der Waals surface area contributed by atoms with E-state index in [4.69, 9.17) is 4.74 Å². The summed E-state index contributed by atoms with van der Waals surface area (Å²) in [4.78, 5) is 17.0. The molecule has 8 heteroatoms. The van der Waals surface area contributed by atoms with Crippen molar-refractivity contribution in [1.82, 2.24) is 30.0 Å². The van der Waals surface area contributed by atoms with Gasteiger partial charge in [-0.25, -0.2) is 4.68 Å². The maximum absolute atomic E-state index is 13.1. The zero-order valence-electron chi connectivity index (χ0n) is 14.7. The number of hydrogen-bond donors (Lipinski definition) is 0. The molecular formula is C17H24N6O2. The molecule has 0 spiro atoms. The summed E-state index contributed by atoms with van der Waals surface area (Å²) in [6, 6.07) is 7.36. The van der Waals surface area contributed by atoms with Gasteiger partial charge in [-0.05, 0) is 55.6 Å². The van der Waals surface area contributed by atoms with Gasteiger partial charge < -0.3 is 14.5 Å². The first kappa shape index (κ1) is 17.5. The summed E-state index contributed by atoms with van der Waals surface area (Å²) in [5.41, 5.74) is 1.39. The van der Waals surface area contributed by atoms with E-state index in [1.54, 1.807) is 4.68 Å². The number of aromatic nitrogens is 4. The highest BCUT2D eigenvalue weighted by atomic mass is 16.5. The minimum absolute atomic E-state index is 0.00674. The minimum Gasteiger partial charge on any atom is -0.376 e. The van der Waals surface area contributed by atoms with Gasteiger partial charge >= 0.3 is 0 Å². The maximum Gasteiger partial charge on any atom is 0.254 e. The standard InChI is InChI=1S/C17H24N6O2/c1-21(2)8-9-22(12-16-7-4-10-25-16)17(24)14-5-3-6-15(11-14)23-13-18-19-20-23/h3,5-6,11,13,16H,4,7-10,12H2,1-2H3/t16-/m0/s1. The van der Waals surface area contributed by atoms with Crippen molar-refractivity contribution in [2.75, 3.05) is 40.3 Å². The summed E-state index contributed by atoms with van der Waals surface area (Å²) in [5, 5.41) is 11.2. The van der Waals surface area contributed by atoms with Crippen LogP contribution in [-0.4, -0.2) is 82.4 Å². The molecular weight excluding hydrogens is 320 g/mol. The van der Waals surface area contributed by atoms with Gasteiger partial charge in [0, 0.05) is 31.8 Å². The molecule has 1 saturated heterocycles. The Morgan fingerprint density at radius 1 is 1.36 bits per heavy atom. The van der Waals surface area contributed by atoms with E-state index < -0.39 is 0 Å². The van der Waals surface area contributed by atoms with Crippen LogP contribution < -0.4 is 0 Å². The van der Waals surface area contributed by atoms with Crippen LogP contribution >= 0.6 is 0 Å². The van der Waals surface area contributed by atoms with Crippen molar-refractivity contribution in [3.05, 3.63) is 36.2 Å². The number of likely N-dealkylation sites (N-methyl/N-ethyl adjacent to an activating group) is 1. The Balaban J connectivity index is 1.77. The molecule has 0 bridgehead atoms. The molecule has 134 valence electrons. The first-order valence-electron chi connectivity index (χ1n) is 8.52. The van der Waals surface area contributed by atoms with Gasteiger partial charge in [-0.1, -0.05) is 6.07 Å². The molecule has 1 aliphatic heterocycles. The van der Waals surface area contributed by atoms with E-state index >= 15 is 0 Å². The van der Waals surface area contributed by atoms with Crippen molar-refractivity contribution in [3.8, 4) is 5.69 Å². The highest BCUT2D eigenvalue weighted by molar-refractivity contribution is 5.94. The molecule has 1 fully saturated rings. The van der Waals surface area contributed by atoms with Crippen molar-refractivity contribution in [1.29, 1.82) is 0 Å². The van der Waals surface area contributed by atoms with Crippen LogP contribution in [-0.2, 0) is 4.74 Å². The largest absolute Gasteiger partial charge is 0.376 e. The van der Waals surface area contributed by atoms with E-state index in [-0.39, 0.29) is 12.0 Å². The molecule has 0 aliphatic carbocycles.